The molecule has 1 fully saturated rings. The Morgan fingerprint density at radius 1 is 1.21 bits per heavy atom. The molecular formula is C17H19BrO. The predicted octanol–water partition coefficient (Wildman–Crippen LogP) is 4.57. The lowest BCUT2D eigenvalue weighted by atomic mass is 9.92. The summed E-state index contributed by atoms with van der Waals surface area (Å²) >= 11 is 3.89. The van der Waals surface area contributed by atoms with E-state index in [4.69, 9.17) is 4.74 Å². The fourth-order valence-corrected chi connectivity index (χ4v) is 4.10. The number of alkyl halides is 1. The van der Waals surface area contributed by atoms with E-state index in [1.54, 1.807) is 0 Å². The molecule has 0 N–H and O–H groups in total. The van der Waals surface area contributed by atoms with E-state index in [-0.39, 0.29) is 0 Å². The quantitative estimate of drug-likeness (QED) is 0.753. The maximum atomic E-state index is 5.68. The van der Waals surface area contributed by atoms with E-state index in [0.717, 1.165) is 13.0 Å². The van der Waals surface area contributed by atoms with Gasteiger partial charge in [0.25, 0.3) is 0 Å². The third-order valence-corrected chi connectivity index (χ3v) is 5.20. The maximum Gasteiger partial charge on any atom is 0.0586 e. The second kappa shape index (κ2) is 5.64. The molecule has 2 heteroatoms. The van der Waals surface area contributed by atoms with Crippen LogP contribution in [0.3, 0.4) is 0 Å². The summed E-state index contributed by atoms with van der Waals surface area (Å²) in [5.41, 5.74) is 1.43. The van der Waals surface area contributed by atoms with Gasteiger partial charge < -0.3 is 4.74 Å². The van der Waals surface area contributed by atoms with E-state index in [1.165, 1.54) is 22.8 Å². The Bertz CT molecular complexity index is 561. The molecule has 0 bridgehead atoms. The number of hydrogen-bond donors (Lipinski definition) is 0. The van der Waals surface area contributed by atoms with Gasteiger partial charge in [0.1, 0.15) is 0 Å². The summed E-state index contributed by atoms with van der Waals surface area (Å²) in [7, 11) is 0. The van der Waals surface area contributed by atoms with Crippen LogP contribution in [-0.4, -0.2) is 17.5 Å². The minimum atomic E-state index is 0.374. The first kappa shape index (κ1) is 13.1. The lowest BCUT2D eigenvalue weighted by molar-refractivity contribution is 0.105. The molecule has 1 nitrogen and oxygen atoms in total. The summed E-state index contributed by atoms with van der Waals surface area (Å²) in [6.07, 6.45) is 2.61. The van der Waals surface area contributed by atoms with Crippen LogP contribution in [0.1, 0.15) is 18.9 Å². The summed E-state index contributed by atoms with van der Waals surface area (Å²) in [6, 6.07) is 15.2. The zero-order valence-electron chi connectivity index (χ0n) is 11.2. The smallest absolute Gasteiger partial charge is 0.0586 e. The second-order valence-corrected chi connectivity index (χ2v) is 6.56. The van der Waals surface area contributed by atoms with Crippen molar-refractivity contribution in [1.82, 2.24) is 0 Å². The van der Waals surface area contributed by atoms with Crippen molar-refractivity contribution < 1.29 is 4.74 Å². The van der Waals surface area contributed by atoms with Gasteiger partial charge in [0, 0.05) is 11.4 Å². The number of benzene rings is 2. The van der Waals surface area contributed by atoms with Crippen LogP contribution in [0.4, 0.5) is 0 Å². The first-order valence-corrected chi connectivity index (χ1v) is 7.89. The van der Waals surface area contributed by atoms with Crippen LogP contribution in [0.2, 0.25) is 0 Å². The third kappa shape index (κ3) is 2.70. The summed E-state index contributed by atoms with van der Waals surface area (Å²) in [5.74, 6) is 0.624. The van der Waals surface area contributed by atoms with Gasteiger partial charge in [-0.15, -0.1) is 0 Å². The van der Waals surface area contributed by atoms with Gasteiger partial charge in [-0.05, 0) is 42.0 Å². The maximum absolute atomic E-state index is 5.68. The molecule has 0 amide bonds. The summed E-state index contributed by atoms with van der Waals surface area (Å²) in [6.45, 7) is 3.10. The Morgan fingerprint density at radius 3 is 2.79 bits per heavy atom. The molecule has 2 aromatic rings. The first-order chi connectivity index (χ1) is 9.25. The van der Waals surface area contributed by atoms with Crippen molar-refractivity contribution in [2.24, 2.45) is 5.92 Å². The number of halogens is 1. The highest BCUT2D eigenvalue weighted by Crippen LogP contribution is 2.32. The van der Waals surface area contributed by atoms with E-state index >= 15 is 0 Å². The van der Waals surface area contributed by atoms with Gasteiger partial charge in [-0.2, -0.15) is 0 Å². The molecule has 1 aliphatic rings. The molecule has 0 spiro atoms. The van der Waals surface area contributed by atoms with Crippen molar-refractivity contribution in [3.63, 3.8) is 0 Å². The zero-order valence-corrected chi connectivity index (χ0v) is 12.8. The molecule has 1 aliphatic heterocycles. The highest BCUT2D eigenvalue weighted by atomic mass is 79.9. The van der Waals surface area contributed by atoms with Crippen molar-refractivity contribution in [2.75, 3.05) is 6.61 Å². The first-order valence-electron chi connectivity index (χ1n) is 6.98. The van der Waals surface area contributed by atoms with Gasteiger partial charge in [0.05, 0.1) is 6.10 Å². The highest BCUT2D eigenvalue weighted by molar-refractivity contribution is 9.09. The van der Waals surface area contributed by atoms with E-state index in [1.807, 2.05) is 0 Å². The van der Waals surface area contributed by atoms with E-state index in [0.29, 0.717) is 16.8 Å². The molecule has 0 radical (unpaired) electrons. The molecule has 3 unspecified atom stereocenters. The normalized spacial score (nSPS) is 24.7. The molecule has 1 heterocycles. The Labute approximate surface area is 123 Å². The van der Waals surface area contributed by atoms with Crippen LogP contribution < -0.4 is 0 Å². The minimum absolute atomic E-state index is 0.374. The minimum Gasteiger partial charge on any atom is -0.378 e. The second-order valence-electron chi connectivity index (χ2n) is 5.39. The van der Waals surface area contributed by atoms with Gasteiger partial charge in [0.15, 0.2) is 0 Å². The molecule has 0 saturated carbocycles. The average Bonchev–Trinajstić information content (AvgIpc) is 2.85. The fourth-order valence-electron chi connectivity index (χ4n) is 3.06. The third-order valence-electron chi connectivity index (χ3n) is 4.19. The van der Waals surface area contributed by atoms with Crippen LogP contribution >= 0.6 is 15.9 Å². The zero-order chi connectivity index (χ0) is 13.2. The summed E-state index contributed by atoms with van der Waals surface area (Å²) in [5, 5.41) is 2.71. The Kier molecular flexibility index (Phi) is 3.90. The Balaban J connectivity index is 1.85. The standard InChI is InChI=1S/C17H19BrO/c1-12-15(9-10-19-12)17(18)11-14-7-4-6-13-5-2-3-8-16(13)14/h2-8,12,15,17H,9-11H2,1H3. The average molecular weight is 319 g/mol. The van der Waals surface area contributed by atoms with Crippen LogP contribution in [0.5, 0.6) is 0 Å². The molecule has 3 rings (SSSR count). The fraction of sp³-hybridized carbons (Fsp3) is 0.412. The van der Waals surface area contributed by atoms with Crippen LogP contribution in [-0.2, 0) is 11.2 Å². The predicted molar refractivity (Wildman–Crippen MR) is 83.9 cm³/mol. The number of ether oxygens (including phenoxy) is 1. The van der Waals surface area contributed by atoms with Crippen molar-refractivity contribution in [2.45, 2.75) is 30.7 Å². The molecule has 1 saturated heterocycles. The lowest BCUT2D eigenvalue weighted by Gasteiger charge is -2.21. The van der Waals surface area contributed by atoms with Crippen LogP contribution in [0.15, 0.2) is 42.5 Å². The van der Waals surface area contributed by atoms with Crippen LogP contribution in [0.25, 0.3) is 10.8 Å². The van der Waals surface area contributed by atoms with Crippen molar-refractivity contribution >= 4 is 26.7 Å². The Morgan fingerprint density at radius 2 is 2.00 bits per heavy atom. The largest absolute Gasteiger partial charge is 0.378 e. The molecule has 2 aromatic carbocycles. The molecule has 100 valence electrons. The number of rotatable bonds is 3. The molecular weight excluding hydrogens is 300 g/mol. The summed E-state index contributed by atoms with van der Waals surface area (Å²) in [4.78, 5) is 0.496. The lowest BCUT2D eigenvalue weighted by Crippen LogP contribution is -2.23. The van der Waals surface area contributed by atoms with E-state index < -0.39 is 0 Å². The monoisotopic (exact) mass is 318 g/mol. The molecule has 19 heavy (non-hydrogen) atoms. The van der Waals surface area contributed by atoms with Gasteiger partial charge in [0.2, 0.25) is 0 Å². The Hall–Kier alpha value is -0.860. The van der Waals surface area contributed by atoms with Crippen molar-refractivity contribution in [1.29, 1.82) is 0 Å². The topological polar surface area (TPSA) is 9.23 Å². The van der Waals surface area contributed by atoms with Crippen molar-refractivity contribution in [3.8, 4) is 0 Å². The van der Waals surface area contributed by atoms with E-state index in [9.17, 15) is 0 Å². The van der Waals surface area contributed by atoms with Gasteiger partial charge >= 0.3 is 0 Å². The van der Waals surface area contributed by atoms with Crippen molar-refractivity contribution in [3.05, 3.63) is 48.0 Å². The molecule has 0 aromatic heterocycles. The van der Waals surface area contributed by atoms with Gasteiger partial charge in [-0.1, -0.05) is 58.4 Å². The highest BCUT2D eigenvalue weighted by Gasteiger charge is 2.30. The number of hydrogen-bond acceptors (Lipinski definition) is 1. The van der Waals surface area contributed by atoms with Gasteiger partial charge in [-0.3, -0.25) is 0 Å². The van der Waals surface area contributed by atoms with E-state index in [2.05, 4.69) is 65.3 Å². The molecule has 3 atom stereocenters. The van der Waals surface area contributed by atoms with Crippen LogP contribution in [0, 0.1) is 5.92 Å². The number of fused-ring (bicyclic) bond motifs is 1. The SMILES string of the molecule is CC1OCCC1C(Br)Cc1cccc2ccccc12. The van der Waals surface area contributed by atoms with Gasteiger partial charge in [-0.25, -0.2) is 0 Å². The summed E-state index contributed by atoms with van der Waals surface area (Å²) < 4.78 is 5.68. The molecule has 0 aliphatic carbocycles.